The Balaban J connectivity index is 1.92. The van der Waals surface area contributed by atoms with Crippen LogP contribution in [-0.4, -0.2) is 67.4 Å². The summed E-state index contributed by atoms with van der Waals surface area (Å²) in [5, 5.41) is 17.3. The van der Waals surface area contributed by atoms with E-state index in [1.807, 2.05) is 34.6 Å². The lowest BCUT2D eigenvalue weighted by atomic mass is 9.85. The lowest BCUT2D eigenvalue weighted by Crippen LogP contribution is -2.56. The molecule has 3 rings (SSSR count). The third-order valence-corrected chi connectivity index (χ3v) is 5.62. The van der Waals surface area contributed by atoms with Gasteiger partial charge in [-0.1, -0.05) is 6.92 Å². The average Bonchev–Trinajstić information content (AvgIpc) is 3.25. The number of amides is 2. The Kier molecular flexibility index (Phi) is 4.92. The van der Waals surface area contributed by atoms with Crippen molar-refractivity contribution in [2.75, 3.05) is 13.2 Å². The molecule has 2 amide bonds. The molecule has 0 radical (unpaired) electrons. The van der Waals surface area contributed by atoms with Crippen LogP contribution in [0.5, 0.6) is 0 Å². The predicted molar refractivity (Wildman–Crippen MR) is 94.5 cm³/mol. The number of hydrogen-bond donors (Lipinski definition) is 1. The van der Waals surface area contributed by atoms with Crippen LogP contribution in [0.2, 0.25) is 0 Å². The molecule has 0 saturated carbocycles. The van der Waals surface area contributed by atoms with Crippen molar-refractivity contribution in [2.45, 2.75) is 70.7 Å². The normalized spacial score (nSPS) is 29.6. The summed E-state index contributed by atoms with van der Waals surface area (Å²) in [4.78, 5) is 29.3. The van der Waals surface area contributed by atoms with Gasteiger partial charge in [0.2, 0.25) is 18.2 Å². The molecule has 1 N–H and O–H groups in total. The van der Waals surface area contributed by atoms with Crippen LogP contribution < -0.4 is 0 Å². The van der Waals surface area contributed by atoms with Gasteiger partial charge in [-0.25, -0.2) is 4.79 Å². The molecule has 2 aliphatic heterocycles. The average molecular weight is 380 g/mol. The highest BCUT2D eigenvalue weighted by Gasteiger charge is 2.60. The maximum atomic E-state index is 13.1. The molecule has 4 atom stereocenters. The quantitative estimate of drug-likeness (QED) is 0.850. The van der Waals surface area contributed by atoms with Gasteiger partial charge in [-0.3, -0.25) is 9.69 Å². The highest BCUT2D eigenvalue weighted by atomic mass is 16.6. The van der Waals surface area contributed by atoms with Crippen molar-refractivity contribution in [1.29, 1.82) is 0 Å². The summed E-state index contributed by atoms with van der Waals surface area (Å²) < 4.78 is 10.8. The summed E-state index contributed by atoms with van der Waals surface area (Å²) in [6.07, 6.45) is 2.24. The van der Waals surface area contributed by atoms with Gasteiger partial charge in [0.05, 0.1) is 18.1 Å². The first-order chi connectivity index (χ1) is 12.6. The van der Waals surface area contributed by atoms with E-state index < -0.39 is 29.2 Å². The molecule has 1 spiro atoms. The molecular formula is C18H28N4O5. The molecule has 9 heteroatoms. The Morgan fingerprint density at radius 1 is 1.48 bits per heavy atom. The van der Waals surface area contributed by atoms with Gasteiger partial charge in [0.25, 0.3) is 0 Å². The van der Waals surface area contributed by atoms with E-state index in [-0.39, 0.29) is 24.4 Å². The largest absolute Gasteiger partial charge is 0.444 e. The van der Waals surface area contributed by atoms with Gasteiger partial charge in [0, 0.05) is 12.6 Å². The van der Waals surface area contributed by atoms with Gasteiger partial charge in [-0.05, 0) is 40.5 Å². The van der Waals surface area contributed by atoms with E-state index in [0.29, 0.717) is 13.0 Å². The predicted octanol–water partition coefficient (Wildman–Crippen LogP) is 1.74. The molecule has 3 unspecified atom stereocenters. The number of likely N-dealkylation sites (tertiary alicyclic amines) is 2. The van der Waals surface area contributed by atoms with Gasteiger partial charge in [-0.15, -0.1) is 10.2 Å². The van der Waals surface area contributed by atoms with Gasteiger partial charge >= 0.3 is 6.09 Å². The zero-order valence-corrected chi connectivity index (χ0v) is 16.5. The van der Waals surface area contributed by atoms with Crippen LogP contribution in [0.4, 0.5) is 4.79 Å². The molecule has 1 aromatic rings. The number of carbonyl (C=O) groups excluding carboxylic acids is 2. The van der Waals surface area contributed by atoms with Crippen molar-refractivity contribution in [3.8, 4) is 0 Å². The zero-order valence-electron chi connectivity index (χ0n) is 16.5. The van der Waals surface area contributed by atoms with E-state index in [1.165, 1.54) is 6.39 Å². The van der Waals surface area contributed by atoms with E-state index in [9.17, 15) is 14.7 Å². The van der Waals surface area contributed by atoms with E-state index in [1.54, 1.807) is 9.80 Å². The van der Waals surface area contributed by atoms with Crippen LogP contribution in [0, 0.1) is 5.92 Å². The monoisotopic (exact) mass is 380 g/mol. The minimum absolute atomic E-state index is 0.0361. The van der Waals surface area contributed by atoms with Gasteiger partial charge in [-0.2, -0.15) is 0 Å². The summed E-state index contributed by atoms with van der Waals surface area (Å²) in [6.45, 7) is 9.24. The van der Waals surface area contributed by atoms with Crippen LogP contribution in [0.3, 0.4) is 0 Å². The molecule has 9 nitrogen and oxygen atoms in total. The van der Waals surface area contributed by atoms with Crippen LogP contribution in [-0.2, 0) is 9.53 Å². The van der Waals surface area contributed by atoms with Crippen LogP contribution >= 0.6 is 0 Å². The van der Waals surface area contributed by atoms with Crippen molar-refractivity contribution in [2.24, 2.45) is 5.92 Å². The smallest absolute Gasteiger partial charge is 0.411 e. The lowest BCUT2D eigenvalue weighted by Gasteiger charge is -2.40. The molecule has 27 heavy (non-hydrogen) atoms. The highest BCUT2D eigenvalue weighted by molar-refractivity contribution is 5.85. The summed E-state index contributed by atoms with van der Waals surface area (Å²) in [6, 6.07) is -0.760. The first-order valence-electron chi connectivity index (χ1n) is 9.30. The number of ether oxygens (including phenoxy) is 1. The Hall–Kier alpha value is -2.16. The minimum atomic E-state index is -0.724. The second-order valence-electron chi connectivity index (χ2n) is 8.50. The third-order valence-electron chi connectivity index (χ3n) is 5.62. The first kappa shape index (κ1) is 19.6. The van der Waals surface area contributed by atoms with E-state index >= 15 is 0 Å². The number of carbonyl (C=O) groups is 2. The number of aliphatic hydroxyl groups excluding tert-OH is 1. The summed E-state index contributed by atoms with van der Waals surface area (Å²) in [7, 11) is 0. The van der Waals surface area contributed by atoms with E-state index in [2.05, 4.69) is 10.2 Å². The van der Waals surface area contributed by atoms with E-state index in [0.717, 1.165) is 6.42 Å². The van der Waals surface area contributed by atoms with Gasteiger partial charge in [0.1, 0.15) is 11.6 Å². The fourth-order valence-corrected chi connectivity index (χ4v) is 4.29. The fraction of sp³-hybridized carbons (Fsp3) is 0.778. The van der Waals surface area contributed by atoms with Crippen molar-refractivity contribution < 1.29 is 23.8 Å². The van der Waals surface area contributed by atoms with Crippen LogP contribution in [0.15, 0.2) is 10.8 Å². The van der Waals surface area contributed by atoms with Crippen molar-refractivity contribution in [3.63, 3.8) is 0 Å². The summed E-state index contributed by atoms with van der Waals surface area (Å²) in [5.41, 5.74) is -1.30. The molecule has 150 valence electrons. The molecule has 0 bridgehead atoms. The van der Waals surface area contributed by atoms with Crippen molar-refractivity contribution >= 4 is 12.0 Å². The van der Waals surface area contributed by atoms with Gasteiger partial charge < -0.3 is 19.2 Å². The second-order valence-corrected chi connectivity index (χ2v) is 8.50. The minimum Gasteiger partial charge on any atom is -0.444 e. The Bertz CT molecular complexity index is 701. The third kappa shape index (κ3) is 3.28. The molecule has 2 saturated heterocycles. The summed E-state index contributed by atoms with van der Waals surface area (Å²) in [5.74, 6) is -0.383. The second kappa shape index (κ2) is 6.78. The zero-order chi connectivity index (χ0) is 20.0. The maximum Gasteiger partial charge on any atom is 0.411 e. The Morgan fingerprint density at radius 2 is 2.19 bits per heavy atom. The van der Waals surface area contributed by atoms with Gasteiger partial charge in [0.15, 0.2) is 0 Å². The number of aromatic nitrogens is 2. The Labute approximate surface area is 158 Å². The molecule has 2 aliphatic rings. The van der Waals surface area contributed by atoms with Crippen molar-refractivity contribution in [3.05, 3.63) is 12.3 Å². The number of nitrogens with zero attached hydrogens (tertiary/aromatic N) is 4. The lowest BCUT2D eigenvalue weighted by molar-refractivity contribution is -0.134. The molecule has 1 aromatic heterocycles. The maximum absolute atomic E-state index is 13.1. The highest BCUT2D eigenvalue weighted by Crippen LogP contribution is 2.47. The fourth-order valence-electron chi connectivity index (χ4n) is 4.29. The Morgan fingerprint density at radius 3 is 2.74 bits per heavy atom. The molecular weight excluding hydrogens is 352 g/mol. The number of rotatable bonds is 3. The first-order valence-corrected chi connectivity index (χ1v) is 9.30. The summed E-state index contributed by atoms with van der Waals surface area (Å²) >= 11 is 0. The molecule has 0 aromatic carbocycles. The standard InChI is InChI=1S/C18H28N4O5/c1-11-6-7-18(22(11)16(25)27-17(3,4)5)9-21(15(24)12(18)2)13(8-23)14-20-19-10-26-14/h10-13,23H,6-9H2,1-5H3/t11?,12?,13-,18?/m0/s1. The molecule has 0 aliphatic carbocycles. The van der Waals surface area contributed by atoms with Crippen LogP contribution in [0.25, 0.3) is 0 Å². The van der Waals surface area contributed by atoms with Crippen LogP contribution in [0.1, 0.15) is 59.4 Å². The van der Waals surface area contributed by atoms with E-state index in [4.69, 9.17) is 9.15 Å². The topological polar surface area (TPSA) is 109 Å². The molecule has 2 fully saturated rings. The number of aliphatic hydroxyl groups is 1. The SMILES string of the molecule is CC1CCC2(CN([C@@H](CO)c3nnco3)C(=O)C2C)N1C(=O)OC(C)(C)C. The molecule has 3 heterocycles. The van der Waals surface area contributed by atoms with Crippen molar-refractivity contribution in [1.82, 2.24) is 20.0 Å². The number of hydrogen-bond acceptors (Lipinski definition) is 7.